The molecule has 6 heteroatoms. The van der Waals surface area contributed by atoms with Crippen molar-refractivity contribution in [1.29, 1.82) is 0 Å². The lowest BCUT2D eigenvalue weighted by molar-refractivity contribution is -0.142. The van der Waals surface area contributed by atoms with Gasteiger partial charge in [0.2, 0.25) is 5.91 Å². The molecule has 1 aliphatic heterocycles. The van der Waals surface area contributed by atoms with E-state index in [0.717, 1.165) is 18.4 Å². The number of aliphatic carboxylic acids is 1. The molecule has 1 N–H and O–H groups in total. The summed E-state index contributed by atoms with van der Waals surface area (Å²) in [5, 5.41) is 13.7. The number of aromatic nitrogens is 2. The normalized spacial score (nSPS) is 26.6. The maximum Gasteiger partial charge on any atom is 0.309 e. The van der Waals surface area contributed by atoms with Crippen LogP contribution in [0.15, 0.2) is 12.4 Å². The maximum atomic E-state index is 12.1. The van der Waals surface area contributed by atoms with E-state index in [0.29, 0.717) is 0 Å². The van der Waals surface area contributed by atoms with Crippen molar-refractivity contribution in [2.45, 2.75) is 51.2 Å². The molecule has 2 aliphatic rings. The lowest BCUT2D eigenvalue weighted by Crippen LogP contribution is -2.32. The molecular weight excluding hydrogens is 258 g/mol. The third kappa shape index (κ3) is 2.09. The molecular formula is C14H19N3O3. The Bertz CT molecular complexity index is 548. The van der Waals surface area contributed by atoms with Crippen LogP contribution < -0.4 is 0 Å². The zero-order valence-electron chi connectivity index (χ0n) is 11.7. The lowest BCUT2D eigenvalue weighted by Gasteiger charge is -2.26. The van der Waals surface area contributed by atoms with Gasteiger partial charge < -0.3 is 10.0 Å². The Morgan fingerprint density at radius 3 is 2.65 bits per heavy atom. The van der Waals surface area contributed by atoms with Gasteiger partial charge in [0.25, 0.3) is 0 Å². The molecule has 0 bridgehead atoms. The maximum absolute atomic E-state index is 12.1. The van der Waals surface area contributed by atoms with Crippen molar-refractivity contribution < 1.29 is 14.7 Å². The molecule has 3 rings (SSSR count). The second-order valence-corrected chi connectivity index (χ2v) is 5.97. The minimum Gasteiger partial charge on any atom is -0.481 e. The van der Waals surface area contributed by atoms with Crippen molar-refractivity contribution in [3.63, 3.8) is 0 Å². The number of hydrogen-bond donors (Lipinski definition) is 1. The molecule has 2 unspecified atom stereocenters. The molecule has 0 spiro atoms. The number of amides is 1. The quantitative estimate of drug-likeness (QED) is 0.907. The molecule has 2 heterocycles. The van der Waals surface area contributed by atoms with Crippen LogP contribution in [0.4, 0.5) is 0 Å². The first-order chi connectivity index (χ1) is 9.49. The van der Waals surface area contributed by atoms with Gasteiger partial charge in [0.15, 0.2) is 0 Å². The fourth-order valence-electron chi connectivity index (χ4n) is 2.94. The molecule has 1 aromatic heterocycles. The van der Waals surface area contributed by atoms with Crippen molar-refractivity contribution in [3.8, 4) is 0 Å². The van der Waals surface area contributed by atoms with Crippen molar-refractivity contribution in [2.75, 3.05) is 0 Å². The van der Waals surface area contributed by atoms with Crippen LogP contribution in [-0.4, -0.2) is 37.7 Å². The van der Waals surface area contributed by atoms with E-state index in [9.17, 15) is 14.7 Å². The first-order valence-corrected chi connectivity index (χ1v) is 7.07. The second-order valence-electron chi connectivity index (χ2n) is 5.97. The first kappa shape index (κ1) is 13.1. The lowest BCUT2D eigenvalue weighted by atomic mass is 9.96. The monoisotopic (exact) mass is 277 g/mol. The van der Waals surface area contributed by atoms with Crippen LogP contribution in [0.3, 0.4) is 0 Å². The molecule has 1 aliphatic carbocycles. The molecule has 1 saturated carbocycles. The van der Waals surface area contributed by atoms with Crippen LogP contribution in [0.25, 0.3) is 0 Å². The summed E-state index contributed by atoms with van der Waals surface area (Å²) in [6.45, 7) is 4.04. The molecule has 108 valence electrons. The number of nitrogens with zero attached hydrogens (tertiary/aromatic N) is 3. The van der Waals surface area contributed by atoms with Gasteiger partial charge in [-0.25, -0.2) is 0 Å². The Balaban J connectivity index is 1.96. The third-order valence-corrected chi connectivity index (χ3v) is 4.11. The molecule has 1 saturated heterocycles. The second kappa shape index (κ2) is 4.61. The predicted molar refractivity (Wildman–Crippen MR) is 71.0 cm³/mol. The van der Waals surface area contributed by atoms with E-state index in [1.807, 2.05) is 24.7 Å². The van der Waals surface area contributed by atoms with E-state index in [1.54, 1.807) is 11.1 Å². The van der Waals surface area contributed by atoms with E-state index in [-0.39, 0.29) is 30.5 Å². The minimum atomic E-state index is -0.899. The van der Waals surface area contributed by atoms with Crippen molar-refractivity contribution in [3.05, 3.63) is 18.0 Å². The van der Waals surface area contributed by atoms with Gasteiger partial charge in [-0.2, -0.15) is 5.10 Å². The van der Waals surface area contributed by atoms with Crippen LogP contribution in [-0.2, 0) is 9.59 Å². The summed E-state index contributed by atoms with van der Waals surface area (Å²) >= 11 is 0. The summed E-state index contributed by atoms with van der Waals surface area (Å²) in [4.78, 5) is 25.4. The van der Waals surface area contributed by atoms with E-state index in [2.05, 4.69) is 5.10 Å². The molecule has 2 atom stereocenters. The van der Waals surface area contributed by atoms with Gasteiger partial charge in [-0.15, -0.1) is 0 Å². The number of hydrogen-bond acceptors (Lipinski definition) is 3. The third-order valence-electron chi connectivity index (χ3n) is 4.11. The Kier molecular flexibility index (Phi) is 3.03. The number of carbonyl (C=O) groups excluding carboxylic acids is 1. The van der Waals surface area contributed by atoms with E-state index in [1.165, 1.54) is 0 Å². The molecule has 6 nitrogen and oxygen atoms in total. The summed E-state index contributed by atoms with van der Waals surface area (Å²) in [6.07, 6.45) is 5.64. The smallest absolute Gasteiger partial charge is 0.309 e. The van der Waals surface area contributed by atoms with Gasteiger partial charge in [-0.1, -0.05) is 0 Å². The highest BCUT2D eigenvalue weighted by atomic mass is 16.4. The van der Waals surface area contributed by atoms with Crippen molar-refractivity contribution >= 4 is 11.9 Å². The highest BCUT2D eigenvalue weighted by Crippen LogP contribution is 2.44. The predicted octanol–water partition coefficient (Wildman–Crippen LogP) is 1.60. The Labute approximate surface area is 117 Å². The average Bonchev–Trinajstić information content (AvgIpc) is 2.97. The number of carbonyl (C=O) groups is 2. The van der Waals surface area contributed by atoms with Crippen LogP contribution in [0.1, 0.15) is 50.8 Å². The standard InChI is InChI=1S/C14H19N3O3/c1-8(2)16-7-9(6-15-16)13-11(14(19)20)5-12(18)17(13)10-3-4-10/h6-8,10-11,13H,3-5H2,1-2H3,(H,19,20). The Morgan fingerprint density at radius 1 is 1.45 bits per heavy atom. The van der Waals surface area contributed by atoms with E-state index < -0.39 is 11.9 Å². The average molecular weight is 277 g/mol. The highest BCUT2D eigenvalue weighted by Gasteiger charge is 2.50. The summed E-state index contributed by atoms with van der Waals surface area (Å²) in [5.41, 5.74) is 0.837. The molecule has 1 aromatic rings. The first-order valence-electron chi connectivity index (χ1n) is 7.07. The van der Waals surface area contributed by atoms with E-state index in [4.69, 9.17) is 0 Å². The van der Waals surface area contributed by atoms with E-state index >= 15 is 0 Å². The molecule has 0 radical (unpaired) electrons. The summed E-state index contributed by atoms with van der Waals surface area (Å²) in [7, 11) is 0. The van der Waals surface area contributed by atoms with Gasteiger partial charge in [0, 0.05) is 30.3 Å². The molecule has 1 amide bonds. The Hall–Kier alpha value is -1.85. The molecule has 2 fully saturated rings. The number of carboxylic acids is 1. The summed E-state index contributed by atoms with van der Waals surface area (Å²) in [5.74, 6) is -1.60. The topological polar surface area (TPSA) is 75.4 Å². The van der Waals surface area contributed by atoms with Crippen LogP contribution >= 0.6 is 0 Å². The minimum absolute atomic E-state index is 0.0396. The van der Waals surface area contributed by atoms with Crippen molar-refractivity contribution in [2.24, 2.45) is 5.92 Å². The molecule has 0 aromatic carbocycles. The fraction of sp³-hybridized carbons (Fsp3) is 0.643. The van der Waals surface area contributed by atoms with Gasteiger partial charge in [0.1, 0.15) is 0 Å². The zero-order chi connectivity index (χ0) is 14.4. The number of carboxylic acid groups (broad SMARTS) is 1. The van der Waals surface area contributed by atoms with Crippen LogP contribution in [0.5, 0.6) is 0 Å². The number of rotatable bonds is 4. The summed E-state index contributed by atoms with van der Waals surface area (Å²) in [6, 6.07) is 0.0813. The van der Waals surface area contributed by atoms with Crippen LogP contribution in [0, 0.1) is 5.92 Å². The fourth-order valence-corrected chi connectivity index (χ4v) is 2.94. The summed E-state index contributed by atoms with van der Waals surface area (Å²) < 4.78 is 1.81. The van der Waals surface area contributed by atoms with Gasteiger partial charge in [-0.3, -0.25) is 14.3 Å². The van der Waals surface area contributed by atoms with Gasteiger partial charge in [-0.05, 0) is 26.7 Å². The Morgan fingerprint density at radius 2 is 2.15 bits per heavy atom. The largest absolute Gasteiger partial charge is 0.481 e. The van der Waals surface area contributed by atoms with Gasteiger partial charge in [0.05, 0.1) is 18.2 Å². The SMILES string of the molecule is CC(C)n1cc(C2C(C(=O)O)CC(=O)N2C2CC2)cn1. The van der Waals surface area contributed by atoms with Crippen molar-refractivity contribution in [1.82, 2.24) is 14.7 Å². The molecule has 20 heavy (non-hydrogen) atoms. The highest BCUT2D eigenvalue weighted by molar-refractivity contribution is 5.87. The number of likely N-dealkylation sites (tertiary alicyclic amines) is 1. The zero-order valence-corrected chi connectivity index (χ0v) is 11.7. The van der Waals surface area contributed by atoms with Crippen LogP contribution in [0.2, 0.25) is 0 Å². The van der Waals surface area contributed by atoms with Gasteiger partial charge >= 0.3 is 5.97 Å².